The van der Waals surface area contributed by atoms with E-state index in [-0.39, 0.29) is 0 Å². The zero-order valence-corrected chi connectivity index (χ0v) is 10.3. The van der Waals surface area contributed by atoms with Crippen molar-refractivity contribution in [1.82, 2.24) is 9.97 Å². The van der Waals surface area contributed by atoms with Crippen LogP contribution in [0.1, 0.15) is 5.56 Å². The molecule has 0 unspecified atom stereocenters. The Kier molecular flexibility index (Phi) is 2.61. The summed E-state index contributed by atoms with van der Waals surface area (Å²) in [5, 5.41) is 2.52. The zero-order chi connectivity index (χ0) is 11.8. The average molecular weight is 263 g/mol. The lowest BCUT2D eigenvalue weighted by Gasteiger charge is -2.05. The number of alkyl halides is 1. The van der Waals surface area contributed by atoms with Crippen molar-refractivity contribution in [1.29, 1.82) is 0 Å². The molecule has 0 amide bonds. The molecule has 0 aliphatic carbocycles. The summed E-state index contributed by atoms with van der Waals surface area (Å²) < 4.78 is 0. The van der Waals surface area contributed by atoms with Gasteiger partial charge in [-0.25, -0.2) is 4.98 Å². The van der Waals surface area contributed by atoms with Crippen LogP contribution in [0.4, 0.5) is 0 Å². The molecule has 0 saturated carbocycles. The number of rotatable bonds is 1. The number of halogens is 2. The lowest BCUT2D eigenvalue weighted by Crippen LogP contribution is -1.89. The number of fused-ring (bicyclic) bond motifs is 3. The molecular formula is C13H8Cl2N2. The van der Waals surface area contributed by atoms with Crippen molar-refractivity contribution in [3.8, 4) is 0 Å². The van der Waals surface area contributed by atoms with Gasteiger partial charge in [-0.1, -0.05) is 29.8 Å². The van der Waals surface area contributed by atoms with Crippen molar-refractivity contribution >= 4 is 45.0 Å². The normalized spacial score (nSPS) is 11.2. The van der Waals surface area contributed by atoms with Gasteiger partial charge in [0.1, 0.15) is 5.15 Å². The molecule has 4 heteroatoms. The number of nitrogens with zero attached hydrogens (tertiary/aromatic N) is 2. The van der Waals surface area contributed by atoms with Crippen LogP contribution < -0.4 is 0 Å². The van der Waals surface area contributed by atoms with Gasteiger partial charge in [0.2, 0.25) is 0 Å². The van der Waals surface area contributed by atoms with Crippen LogP contribution in [-0.4, -0.2) is 9.97 Å². The average Bonchev–Trinajstić information content (AvgIpc) is 2.38. The highest BCUT2D eigenvalue weighted by molar-refractivity contribution is 6.31. The summed E-state index contributed by atoms with van der Waals surface area (Å²) in [7, 11) is 0. The predicted octanol–water partition coefficient (Wildman–Crippen LogP) is 4.18. The Morgan fingerprint density at radius 1 is 1.06 bits per heavy atom. The Morgan fingerprint density at radius 3 is 2.71 bits per heavy atom. The second kappa shape index (κ2) is 4.13. The van der Waals surface area contributed by atoms with E-state index in [1.807, 2.05) is 30.3 Å². The van der Waals surface area contributed by atoms with Crippen molar-refractivity contribution in [3.05, 3.63) is 47.2 Å². The van der Waals surface area contributed by atoms with Gasteiger partial charge in [-0.15, -0.1) is 11.6 Å². The molecule has 3 aromatic rings. The summed E-state index contributed by atoms with van der Waals surface area (Å²) in [6, 6.07) is 9.92. The molecule has 0 bridgehead atoms. The molecular weight excluding hydrogens is 255 g/mol. The van der Waals surface area contributed by atoms with Crippen LogP contribution in [0.5, 0.6) is 0 Å². The van der Waals surface area contributed by atoms with E-state index in [1.165, 1.54) is 0 Å². The number of benzene rings is 1. The molecule has 0 fully saturated rings. The standard InChI is InChI=1S/C13H8Cl2N2/c14-7-10-6-9-4-3-8-2-1-5-16-11(8)12(9)17-13(10)15/h1-6H,7H2. The summed E-state index contributed by atoms with van der Waals surface area (Å²) in [5.74, 6) is 0.363. The maximum absolute atomic E-state index is 6.08. The molecule has 84 valence electrons. The zero-order valence-electron chi connectivity index (χ0n) is 8.82. The maximum atomic E-state index is 6.08. The molecule has 3 rings (SSSR count). The van der Waals surface area contributed by atoms with Gasteiger partial charge in [0.25, 0.3) is 0 Å². The third-order valence-corrected chi connectivity index (χ3v) is 3.34. The van der Waals surface area contributed by atoms with Crippen LogP contribution in [0.15, 0.2) is 36.5 Å². The number of pyridine rings is 2. The first-order valence-corrected chi connectivity index (χ1v) is 6.09. The van der Waals surface area contributed by atoms with E-state index in [4.69, 9.17) is 23.2 Å². The first kappa shape index (κ1) is 10.8. The van der Waals surface area contributed by atoms with Gasteiger partial charge < -0.3 is 0 Å². The Labute approximate surface area is 108 Å². The van der Waals surface area contributed by atoms with Crippen LogP contribution in [0.3, 0.4) is 0 Å². The summed E-state index contributed by atoms with van der Waals surface area (Å²) in [6.45, 7) is 0. The van der Waals surface area contributed by atoms with E-state index >= 15 is 0 Å². The Hall–Kier alpha value is -1.38. The van der Waals surface area contributed by atoms with Crippen LogP contribution in [0, 0.1) is 0 Å². The SMILES string of the molecule is ClCc1cc2ccc3cccnc3c2nc1Cl. The topological polar surface area (TPSA) is 25.8 Å². The van der Waals surface area contributed by atoms with Crippen LogP contribution in [-0.2, 0) is 5.88 Å². The van der Waals surface area contributed by atoms with Crippen molar-refractivity contribution in [2.45, 2.75) is 5.88 Å². The molecule has 0 saturated heterocycles. The molecule has 1 aromatic carbocycles. The second-order valence-corrected chi connectivity index (χ2v) is 4.41. The van der Waals surface area contributed by atoms with Crippen molar-refractivity contribution in [2.24, 2.45) is 0 Å². The summed E-state index contributed by atoms with van der Waals surface area (Å²) in [4.78, 5) is 8.74. The summed E-state index contributed by atoms with van der Waals surface area (Å²) in [6.07, 6.45) is 1.76. The third-order valence-electron chi connectivity index (χ3n) is 2.73. The molecule has 17 heavy (non-hydrogen) atoms. The van der Waals surface area contributed by atoms with E-state index in [9.17, 15) is 0 Å². The molecule has 2 nitrogen and oxygen atoms in total. The van der Waals surface area contributed by atoms with Crippen molar-refractivity contribution in [3.63, 3.8) is 0 Å². The van der Waals surface area contributed by atoms with Crippen LogP contribution >= 0.6 is 23.2 Å². The van der Waals surface area contributed by atoms with Crippen molar-refractivity contribution < 1.29 is 0 Å². The molecule has 0 aliphatic rings. The second-order valence-electron chi connectivity index (χ2n) is 3.78. The lowest BCUT2D eigenvalue weighted by atomic mass is 10.1. The highest BCUT2D eigenvalue weighted by Crippen LogP contribution is 2.26. The fourth-order valence-corrected chi connectivity index (χ4v) is 2.37. The van der Waals surface area contributed by atoms with Gasteiger partial charge in [0.05, 0.1) is 16.9 Å². The van der Waals surface area contributed by atoms with Gasteiger partial charge >= 0.3 is 0 Å². The third kappa shape index (κ3) is 1.74. The smallest absolute Gasteiger partial charge is 0.134 e. The van der Waals surface area contributed by atoms with Crippen LogP contribution in [0.2, 0.25) is 5.15 Å². The number of hydrogen-bond donors (Lipinski definition) is 0. The minimum atomic E-state index is 0.363. The van der Waals surface area contributed by atoms with E-state index < -0.39 is 0 Å². The molecule has 2 heterocycles. The molecule has 0 aliphatic heterocycles. The molecule has 0 N–H and O–H groups in total. The molecule has 0 spiro atoms. The Morgan fingerprint density at radius 2 is 1.88 bits per heavy atom. The Balaban J connectivity index is 2.46. The Bertz CT molecular complexity index is 710. The molecule has 0 radical (unpaired) electrons. The van der Waals surface area contributed by atoms with E-state index in [2.05, 4.69) is 9.97 Å². The van der Waals surface area contributed by atoms with Gasteiger partial charge in [0.15, 0.2) is 0 Å². The number of aromatic nitrogens is 2. The maximum Gasteiger partial charge on any atom is 0.134 e. The predicted molar refractivity (Wildman–Crippen MR) is 71.6 cm³/mol. The van der Waals surface area contributed by atoms with E-state index in [0.717, 1.165) is 27.4 Å². The van der Waals surface area contributed by atoms with Gasteiger partial charge in [-0.3, -0.25) is 4.98 Å². The molecule has 2 aromatic heterocycles. The largest absolute Gasteiger partial charge is 0.254 e. The molecule has 0 atom stereocenters. The minimum Gasteiger partial charge on any atom is -0.254 e. The first-order valence-electron chi connectivity index (χ1n) is 5.18. The monoisotopic (exact) mass is 262 g/mol. The quantitative estimate of drug-likeness (QED) is 0.374. The fourth-order valence-electron chi connectivity index (χ4n) is 1.89. The van der Waals surface area contributed by atoms with Gasteiger partial charge in [-0.2, -0.15) is 0 Å². The van der Waals surface area contributed by atoms with Crippen LogP contribution in [0.25, 0.3) is 21.8 Å². The van der Waals surface area contributed by atoms with Gasteiger partial charge in [0, 0.05) is 22.5 Å². The summed E-state index contributed by atoms with van der Waals surface area (Å²) in [5.41, 5.74) is 2.53. The van der Waals surface area contributed by atoms with Gasteiger partial charge in [-0.05, 0) is 12.1 Å². The number of hydrogen-bond acceptors (Lipinski definition) is 2. The minimum absolute atomic E-state index is 0.363. The highest BCUT2D eigenvalue weighted by atomic mass is 35.5. The van der Waals surface area contributed by atoms with Crippen molar-refractivity contribution in [2.75, 3.05) is 0 Å². The lowest BCUT2D eigenvalue weighted by molar-refractivity contribution is 1.30. The fraction of sp³-hybridized carbons (Fsp3) is 0.0769. The van der Waals surface area contributed by atoms with E-state index in [0.29, 0.717) is 11.0 Å². The van der Waals surface area contributed by atoms with E-state index in [1.54, 1.807) is 6.20 Å². The summed E-state index contributed by atoms with van der Waals surface area (Å²) >= 11 is 11.9. The highest BCUT2D eigenvalue weighted by Gasteiger charge is 2.07. The first-order chi connectivity index (χ1) is 8.29.